The molecule has 16 heavy (non-hydrogen) atoms. The van der Waals surface area contributed by atoms with Gasteiger partial charge in [-0.25, -0.2) is 13.2 Å². The summed E-state index contributed by atoms with van der Waals surface area (Å²) >= 11 is 0. The van der Waals surface area contributed by atoms with Gasteiger partial charge in [-0.3, -0.25) is 0 Å². The molecule has 1 aliphatic rings. The fourth-order valence-electron chi connectivity index (χ4n) is 1.70. The van der Waals surface area contributed by atoms with E-state index in [-0.39, 0.29) is 11.5 Å². The van der Waals surface area contributed by atoms with Crippen LogP contribution in [0.25, 0.3) is 0 Å². The number of nitrogens with two attached hydrogens (primary N) is 1. The molecule has 2 atom stereocenters. The van der Waals surface area contributed by atoms with Crippen LogP contribution < -0.4 is 5.73 Å². The lowest BCUT2D eigenvalue weighted by Gasteiger charge is -2.19. The maximum atomic E-state index is 12.9. The number of hydrogen-bond donors (Lipinski definition) is 2. The third-order valence-corrected chi connectivity index (χ3v) is 2.86. The molecule has 0 spiro atoms. The van der Waals surface area contributed by atoms with Crippen LogP contribution in [0.3, 0.4) is 0 Å². The number of benzene rings is 1. The SMILES string of the molecule is N[C@H](c1cc(F)c(F)c(F)c1)[C@@H](O)C1CC1. The van der Waals surface area contributed by atoms with Crippen LogP contribution in [0.2, 0.25) is 0 Å². The minimum Gasteiger partial charge on any atom is -0.391 e. The highest BCUT2D eigenvalue weighted by atomic mass is 19.2. The lowest BCUT2D eigenvalue weighted by molar-refractivity contribution is 0.122. The van der Waals surface area contributed by atoms with Gasteiger partial charge in [0.05, 0.1) is 12.1 Å². The summed E-state index contributed by atoms with van der Waals surface area (Å²) in [5.41, 5.74) is 5.74. The lowest BCUT2D eigenvalue weighted by atomic mass is 9.99. The number of hydrogen-bond acceptors (Lipinski definition) is 2. The van der Waals surface area contributed by atoms with Gasteiger partial charge in [-0.2, -0.15) is 0 Å². The van der Waals surface area contributed by atoms with Gasteiger partial charge in [0.15, 0.2) is 17.5 Å². The molecule has 0 amide bonds. The average molecular weight is 231 g/mol. The van der Waals surface area contributed by atoms with Gasteiger partial charge < -0.3 is 10.8 Å². The first kappa shape index (κ1) is 11.4. The molecule has 2 rings (SSSR count). The molecule has 0 aliphatic heterocycles. The molecule has 88 valence electrons. The van der Waals surface area contributed by atoms with Crippen LogP contribution in [-0.2, 0) is 0 Å². The number of halogens is 3. The van der Waals surface area contributed by atoms with Crippen LogP contribution in [0.15, 0.2) is 12.1 Å². The molecule has 1 saturated carbocycles. The van der Waals surface area contributed by atoms with Gasteiger partial charge in [0.25, 0.3) is 0 Å². The first-order chi connectivity index (χ1) is 7.50. The summed E-state index contributed by atoms with van der Waals surface area (Å²) in [6.45, 7) is 0. The zero-order valence-electron chi connectivity index (χ0n) is 8.46. The Kier molecular flexibility index (Phi) is 2.90. The molecule has 0 radical (unpaired) electrons. The van der Waals surface area contributed by atoms with E-state index in [0.717, 1.165) is 25.0 Å². The summed E-state index contributed by atoms with van der Waals surface area (Å²) in [5.74, 6) is -4.00. The Balaban J connectivity index is 2.25. The highest BCUT2D eigenvalue weighted by molar-refractivity contribution is 5.23. The van der Waals surface area contributed by atoms with Crippen molar-refractivity contribution in [3.63, 3.8) is 0 Å². The monoisotopic (exact) mass is 231 g/mol. The molecule has 0 unspecified atom stereocenters. The van der Waals surface area contributed by atoms with Crippen LogP contribution in [0, 0.1) is 23.4 Å². The zero-order chi connectivity index (χ0) is 11.9. The number of rotatable bonds is 3. The van der Waals surface area contributed by atoms with Crippen LogP contribution in [0.5, 0.6) is 0 Å². The van der Waals surface area contributed by atoms with E-state index in [0.29, 0.717) is 0 Å². The molecule has 5 heteroatoms. The molecule has 0 bridgehead atoms. The highest BCUT2D eigenvalue weighted by Gasteiger charge is 2.34. The summed E-state index contributed by atoms with van der Waals surface area (Å²) < 4.78 is 38.5. The van der Waals surface area contributed by atoms with Gasteiger partial charge in [-0.1, -0.05) is 0 Å². The fraction of sp³-hybridized carbons (Fsp3) is 0.455. The standard InChI is InChI=1S/C11H12F3NO/c12-7-3-6(4-8(13)9(7)14)10(15)11(16)5-1-2-5/h3-5,10-11,16H,1-2,15H2/t10-,11+/m1/s1. The van der Waals surface area contributed by atoms with Gasteiger partial charge in [-0.15, -0.1) is 0 Å². The summed E-state index contributed by atoms with van der Waals surface area (Å²) in [5, 5.41) is 9.70. The summed E-state index contributed by atoms with van der Waals surface area (Å²) in [4.78, 5) is 0. The number of aliphatic hydroxyl groups is 1. The van der Waals surface area contributed by atoms with Crippen LogP contribution in [0.1, 0.15) is 24.4 Å². The second-order valence-electron chi connectivity index (χ2n) is 4.15. The van der Waals surface area contributed by atoms with Crippen LogP contribution in [-0.4, -0.2) is 11.2 Å². The first-order valence-electron chi connectivity index (χ1n) is 5.09. The largest absolute Gasteiger partial charge is 0.391 e. The van der Waals surface area contributed by atoms with E-state index >= 15 is 0 Å². The van der Waals surface area contributed by atoms with Crippen molar-refractivity contribution < 1.29 is 18.3 Å². The Hall–Kier alpha value is -1.07. The molecule has 3 N–H and O–H groups in total. The minimum atomic E-state index is -1.52. The van der Waals surface area contributed by atoms with Crippen LogP contribution >= 0.6 is 0 Å². The van der Waals surface area contributed by atoms with E-state index in [1.54, 1.807) is 0 Å². The molecule has 0 heterocycles. The maximum Gasteiger partial charge on any atom is 0.194 e. The van der Waals surface area contributed by atoms with Gasteiger partial charge in [0.2, 0.25) is 0 Å². The van der Waals surface area contributed by atoms with Gasteiger partial charge in [0.1, 0.15) is 0 Å². The Morgan fingerprint density at radius 1 is 1.19 bits per heavy atom. The Morgan fingerprint density at radius 3 is 2.12 bits per heavy atom. The quantitative estimate of drug-likeness (QED) is 0.780. The molecule has 1 fully saturated rings. The van der Waals surface area contributed by atoms with Gasteiger partial charge in [-0.05, 0) is 36.5 Å². The van der Waals surface area contributed by atoms with Crippen molar-refractivity contribution in [2.45, 2.75) is 25.0 Å². The number of aliphatic hydroxyl groups excluding tert-OH is 1. The predicted octanol–water partition coefficient (Wildman–Crippen LogP) is 1.87. The van der Waals surface area contributed by atoms with Gasteiger partial charge in [0, 0.05) is 0 Å². The first-order valence-corrected chi connectivity index (χ1v) is 5.09. The Labute approximate surface area is 90.9 Å². The summed E-state index contributed by atoms with van der Waals surface area (Å²) in [7, 11) is 0. The van der Waals surface area contributed by atoms with E-state index in [9.17, 15) is 18.3 Å². The predicted molar refractivity (Wildman–Crippen MR) is 52.0 cm³/mol. The van der Waals surface area contributed by atoms with Crippen molar-refractivity contribution in [3.8, 4) is 0 Å². The second kappa shape index (κ2) is 4.07. The molecular weight excluding hydrogens is 219 g/mol. The molecule has 1 aliphatic carbocycles. The minimum absolute atomic E-state index is 0.0794. The van der Waals surface area contributed by atoms with E-state index in [1.165, 1.54) is 0 Å². The second-order valence-corrected chi connectivity index (χ2v) is 4.15. The molecule has 2 nitrogen and oxygen atoms in total. The van der Waals surface area contributed by atoms with Crippen molar-refractivity contribution in [3.05, 3.63) is 35.1 Å². The van der Waals surface area contributed by atoms with Gasteiger partial charge >= 0.3 is 0 Å². The highest BCUT2D eigenvalue weighted by Crippen LogP contribution is 2.37. The zero-order valence-corrected chi connectivity index (χ0v) is 8.46. The maximum absolute atomic E-state index is 12.9. The van der Waals surface area contributed by atoms with E-state index < -0.39 is 29.6 Å². The van der Waals surface area contributed by atoms with Crippen molar-refractivity contribution in [1.82, 2.24) is 0 Å². The van der Waals surface area contributed by atoms with E-state index in [4.69, 9.17) is 5.73 Å². The summed E-state index contributed by atoms with van der Waals surface area (Å²) in [6, 6.07) is 0.778. The third kappa shape index (κ3) is 2.05. The Bertz CT molecular complexity index is 383. The molecule has 0 aromatic heterocycles. The van der Waals surface area contributed by atoms with Crippen molar-refractivity contribution in [1.29, 1.82) is 0 Å². The van der Waals surface area contributed by atoms with Crippen molar-refractivity contribution >= 4 is 0 Å². The van der Waals surface area contributed by atoms with Crippen molar-refractivity contribution in [2.75, 3.05) is 0 Å². The Morgan fingerprint density at radius 2 is 1.69 bits per heavy atom. The third-order valence-electron chi connectivity index (χ3n) is 2.86. The fourth-order valence-corrected chi connectivity index (χ4v) is 1.70. The topological polar surface area (TPSA) is 46.2 Å². The van der Waals surface area contributed by atoms with Crippen molar-refractivity contribution in [2.24, 2.45) is 11.7 Å². The average Bonchev–Trinajstić information content (AvgIpc) is 3.06. The molecular formula is C11H12F3NO. The molecule has 1 aromatic rings. The smallest absolute Gasteiger partial charge is 0.194 e. The lowest BCUT2D eigenvalue weighted by Crippen LogP contribution is -2.28. The van der Waals surface area contributed by atoms with E-state index in [1.807, 2.05) is 0 Å². The van der Waals surface area contributed by atoms with Crippen LogP contribution in [0.4, 0.5) is 13.2 Å². The summed E-state index contributed by atoms with van der Waals surface area (Å²) in [6.07, 6.45) is 0.895. The normalized spacial score (nSPS) is 19.6. The van der Waals surface area contributed by atoms with E-state index in [2.05, 4.69) is 0 Å². The molecule has 1 aromatic carbocycles. The molecule has 0 saturated heterocycles.